The Morgan fingerprint density at radius 2 is 0.522 bits per heavy atom. The van der Waals surface area contributed by atoms with Gasteiger partial charge in [0.25, 0.3) is 0 Å². The maximum Gasteiger partial charge on any atom is 0.306 e. The SMILES string of the molecule is CCCCCC/C=C\C/C=C\CCCCCCCC(=O)OC(COC(=O)CCCCCCCCCCCC)COC(=O)CCCCCCCCCCCC/C=C\C/C=C\C/C=C\CCCCCCC. The van der Waals surface area contributed by atoms with Crippen molar-refractivity contribution in [3.05, 3.63) is 60.8 Å². The monoisotopic (exact) mass is 965 g/mol. The zero-order chi connectivity index (χ0) is 50.0. The van der Waals surface area contributed by atoms with Crippen LogP contribution in [0.25, 0.3) is 0 Å². The quantitative estimate of drug-likeness (QED) is 0.0262. The van der Waals surface area contributed by atoms with Crippen molar-refractivity contribution in [3.8, 4) is 0 Å². The predicted octanol–water partition coefficient (Wildman–Crippen LogP) is 20.0. The van der Waals surface area contributed by atoms with Gasteiger partial charge in [-0.15, -0.1) is 0 Å². The van der Waals surface area contributed by atoms with Crippen LogP contribution in [0, 0.1) is 0 Å². The average molecular weight is 966 g/mol. The maximum absolute atomic E-state index is 12.8. The summed E-state index contributed by atoms with van der Waals surface area (Å²) in [4.78, 5) is 38.1. The van der Waals surface area contributed by atoms with E-state index < -0.39 is 6.10 Å². The molecule has 0 saturated heterocycles. The van der Waals surface area contributed by atoms with E-state index in [1.54, 1.807) is 0 Å². The molecule has 0 aliphatic heterocycles. The fourth-order valence-corrected chi connectivity index (χ4v) is 8.48. The Hall–Kier alpha value is -2.89. The normalized spacial score (nSPS) is 12.4. The van der Waals surface area contributed by atoms with Crippen LogP contribution in [0.2, 0.25) is 0 Å². The van der Waals surface area contributed by atoms with E-state index in [1.165, 1.54) is 167 Å². The number of hydrogen-bond acceptors (Lipinski definition) is 6. The van der Waals surface area contributed by atoms with Crippen LogP contribution in [-0.4, -0.2) is 37.2 Å². The standard InChI is InChI=1S/C63H112O6/c1-4-7-10-13-16-19-22-24-26-28-29-30-31-32-33-34-35-36-38-39-41-44-47-50-53-56-62(65)68-59-60(58-67-61(64)55-52-49-46-43-21-18-15-12-9-6-3)69-63(66)57-54-51-48-45-42-40-37-27-25-23-20-17-14-11-8-5-2/h20,22-24,27-29,31-32,37,60H,4-19,21,25-26,30,33-36,38-59H2,1-3H3/b23-20-,24-22-,29-28-,32-31-,37-27-. The highest BCUT2D eigenvalue weighted by atomic mass is 16.6. The molecule has 0 heterocycles. The van der Waals surface area contributed by atoms with E-state index in [2.05, 4.69) is 81.5 Å². The van der Waals surface area contributed by atoms with Crippen LogP contribution in [0.4, 0.5) is 0 Å². The van der Waals surface area contributed by atoms with E-state index in [9.17, 15) is 14.4 Å². The van der Waals surface area contributed by atoms with Gasteiger partial charge in [-0.3, -0.25) is 14.4 Å². The molecule has 0 rings (SSSR count). The largest absolute Gasteiger partial charge is 0.462 e. The first-order valence-electron chi connectivity index (χ1n) is 29.8. The van der Waals surface area contributed by atoms with E-state index in [4.69, 9.17) is 14.2 Å². The van der Waals surface area contributed by atoms with E-state index in [0.29, 0.717) is 19.3 Å². The van der Waals surface area contributed by atoms with Gasteiger partial charge in [-0.2, -0.15) is 0 Å². The lowest BCUT2D eigenvalue weighted by atomic mass is 10.1. The molecular weight excluding hydrogens is 853 g/mol. The zero-order valence-electron chi connectivity index (χ0n) is 45.8. The topological polar surface area (TPSA) is 78.9 Å². The smallest absolute Gasteiger partial charge is 0.306 e. The first-order valence-corrected chi connectivity index (χ1v) is 29.8. The summed E-state index contributed by atoms with van der Waals surface area (Å²) < 4.78 is 16.8. The minimum Gasteiger partial charge on any atom is -0.462 e. The van der Waals surface area contributed by atoms with Gasteiger partial charge >= 0.3 is 17.9 Å². The molecule has 0 aromatic rings. The Kier molecular flexibility index (Phi) is 55.3. The number of rotatable bonds is 54. The second-order valence-electron chi connectivity index (χ2n) is 19.9. The van der Waals surface area contributed by atoms with Crippen LogP contribution in [0.3, 0.4) is 0 Å². The number of carbonyl (C=O) groups excluding carboxylic acids is 3. The molecule has 400 valence electrons. The fraction of sp³-hybridized carbons (Fsp3) is 0.794. The van der Waals surface area contributed by atoms with Crippen LogP contribution in [0.1, 0.15) is 303 Å². The third-order valence-corrected chi connectivity index (χ3v) is 13.0. The van der Waals surface area contributed by atoms with Crippen LogP contribution >= 0.6 is 0 Å². The number of carbonyl (C=O) groups is 3. The van der Waals surface area contributed by atoms with Crippen molar-refractivity contribution in [2.75, 3.05) is 13.2 Å². The van der Waals surface area contributed by atoms with Gasteiger partial charge in [-0.1, -0.05) is 255 Å². The van der Waals surface area contributed by atoms with Crippen LogP contribution in [-0.2, 0) is 28.6 Å². The third-order valence-electron chi connectivity index (χ3n) is 13.0. The minimum atomic E-state index is -0.781. The van der Waals surface area contributed by atoms with Gasteiger partial charge in [0.2, 0.25) is 0 Å². The Labute approximate surface area is 428 Å². The number of esters is 3. The molecule has 0 amide bonds. The summed E-state index contributed by atoms with van der Waals surface area (Å²) in [6.07, 6.45) is 72.2. The van der Waals surface area contributed by atoms with Crippen LogP contribution < -0.4 is 0 Å². The summed E-state index contributed by atoms with van der Waals surface area (Å²) in [5, 5.41) is 0. The molecule has 1 atom stereocenters. The van der Waals surface area contributed by atoms with E-state index >= 15 is 0 Å². The van der Waals surface area contributed by atoms with Crippen molar-refractivity contribution in [1.29, 1.82) is 0 Å². The van der Waals surface area contributed by atoms with Gasteiger partial charge < -0.3 is 14.2 Å². The van der Waals surface area contributed by atoms with Gasteiger partial charge in [0.1, 0.15) is 13.2 Å². The van der Waals surface area contributed by atoms with Crippen LogP contribution in [0.15, 0.2) is 60.8 Å². The van der Waals surface area contributed by atoms with Crippen molar-refractivity contribution in [3.63, 3.8) is 0 Å². The van der Waals surface area contributed by atoms with Crippen LogP contribution in [0.5, 0.6) is 0 Å². The highest BCUT2D eigenvalue weighted by Gasteiger charge is 2.19. The molecule has 1 unspecified atom stereocenters. The molecule has 0 aliphatic carbocycles. The molecule has 0 fully saturated rings. The molecule has 0 aromatic heterocycles. The van der Waals surface area contributed by atoms with Gasteiger partial charge in [-0.25, -0.2) is 0 Å². The number of allylic oxidation sites excluding steroid dienone is 10. The first kappa shape index (κ1) is 66.1. The second kappa shape index (κ2) is 57.7. The highest BCUT2D eigenvalue weighted by molar-refractivity contribution is 5.71. The lowest BCUT2D eigenvalue weighted by Gasteiger charge is -2.18. The lowest BCUT2D eigenvalue weighted by Crippen LogP contribution is -2.30. The van der Waals surface area contributed by atoms with Gasteiger partial charge in [0.05, 0.1) is 0 Å². The fourth-order valence-electron chi connectivity index (χ4n) is 8.48. The van der Waals surface area contributed by atoms with E-state index in [-0.39, 0.29) is 31.1 Å². The van der Waals surface area contributed by atoms with E-state index in [1.807, 2.05) is 0 Å². The summed E-state index contributed by atoms with van der Waals surface area (Å²) >= 11 is 0. The van der Waals surface area contributed by atoms with Crippen molar-refractivity contribution >= 4 is 17.9 Å². The first-order chi connectivity index (χ1) is 34.0. The maximum atomic E-state index is 12.8. The molecule has 0 N–H and O–H groups in total. The molecule has 0 saturated carbocycles. The van der Waals surface area contributed by atoms with Gasteiger partial charge in [-0.05, 0) is 89.9 Å². The molecule has 0 bridgehead atoms. The highest BCUT2D eigenvalue weighted by Crippen LogP contribution is 2.16. The molecular formula is C63H112O6. The lowest BCUT2D eigenvalue weighted by molar-refractivity contribution is -0.167. The number of unbranched alkanes of at least 4 members (excludes halogenated alkanes) is 33. The third kappa shape index (κ3) is 55.9. The predicted molar refractivity (Wildman–Crippen MR) is 298 cm³/mol. The second-order valence-corrected chi connectivity index (χ2v) is 19.9. The minimum absolute atomic E-state index is 0.0788. The molecule has 6 nitrogen and oxygen atoms in total. The Balaban J connectivity index is 4.26. The van der Waals surface area contributed by atoms with Crippen molar-refractivity contribution in [2.24, 2.45) is 0 Å². The summed E-state index contributed by atoms with van der Waals surface area (Å²) in [5.74, 6) is -0.887. The molecule has 0 aromatic carbocycles. The molecule has 6 heteroatoms. The van der Waals surface area contributed by atoms with Gasteiger partial charge in [0, 0.05) is 19.3 Å². The average Bonchev–Trinajstić information content (AvgIpc) is 3.35. The number of hydrogen-bond donors (Lipinski definition) is 0. The Bertz CT molecular complexity index is 1250. The Morgan fingerprint density at radius 3 is 0.826 bits per heavy atom. The van der Waals surface area contributed by atoms with Crippen molar-refractivity contribution in [2.45, 2.75) is 309 Å². The Morgan fingerprint density at radius 1 is 0.290 bits per heavy atom. The molecule has 69 heavy (non-hydrogen) atoms. The molecule has 0 radical (unpaired) electrons. The molecule has 0 spiro atoms. The molecule has 0 aliphatic rings. The van der Waals surface area contributed by atoms with E-state index in [0.717, 1.165) is 96.3 Å². The number of ether oxygens (including phenoxy) is 3. The van der Waals surface area contributed by atoms with Crippen molar-refractivity contribution < 1.29 is 28.6 Å². The summed E-state index contributed by atoms with van der Waals surface area (Å²) in [6.45, 7) is 6.61. The summed E-state index contributed by atoms with van der Waals surface area (Å²) in [7, 11) is 0. The van der Waals surface area contributed by atoms with Crippen molar-refractivity contribution in [1.82, 2.24) is 0 Å². The zero-order valence-corrected chi connectivity index (χ0v) is 45.8. The summed E-state index contributed by atoms with van der Waals surface area (Å²) in [5.41, 5.74) is 0. The summed E-state index contributed by atoms with van der Waals surface area (Å²) in [6, 6.07) is 0. The van der Waals surface area contributed by atoms with Gasteiger partial charge in [0.15, 0.2) is 6.10 Å².